The van der Waals surface area contributed by atoms with Gasteiger partial charge in [-0.3, -0.25) is 13.8 Å². The number of nitrogens with two attached hydrogens (primary N) is 1. The third-order valence-electron chi connectivity index (χ3n) is 9.42. The highest BCUT2D eigenvalue weighted by Crippen LogP contribution is 2.43. The average Bonchev–Trinajstić information content (AvgIpc) is 3.09. The molecule has 0 aliphatic carbocycles. The van der Waals surface area contributed by atoms with E-state index in [2.05, 4.69) is 19.2 Å². The lowest BCUT2D eigenvalue weighted by Gasteiger charge is -2.24. The Morgan fingerprint density at radius 3 is 1.54 bits per heavy atom. The molecule has 0 aliphatic heterocycles. The minimum Gasteiger partial charge on any atom is -0.393 e. The molecule has 0 heterocycles. The molecule has 0 radical (unpaired) electrons. The van der Waals surface area contributed by atoms with E-state index < -0.39 is 38.6 Å². The largest absolute Gasteiger partial charge is 0.472 e. The van der Waals surface area contributed by atoms with Gasteiger partial charge in [-0.1, -0.05) is 187 Å². The molecule has 0 rings (SSSR count). The number of amides is 1. The summed E-state index contributed by atoms with van der Waals surface area (Å²) in [7, 11) is -4.39. The van der Waals surface area contributed by atoms with Crippen molar-refractivity contribution in [1.29, 1.82) is 0 Å². The van der Waals surface area contributed by atoms with Crippen LogP contribution in [0.1, 0.15) is 200 Å². The molecule has 298 valence electrons. The van der Waals surface area contributed by atoms with Crippen LogP contribution in [0.4, 0.5) is 0 Å². The predicted octanol–water partition coefficient (Wildman–Crippen LogP) is 10.2. The van der Waals surface area contributed by atoms with E-state index in [1.54, 1.807) is 6.08 Å². The standard InChI is InChI=1S/C40H81N2O7P/c1-3-5-7-9-11-13-15-16-17-18-19-20-21-22-24-26-28-30-32-39(44)38(36-49-50(46,47)48-34-33-41)42-40(45)35-37(43)31-29-27-25-23-14-12-10-8-6-4-2/h30,32,37-39,43-44H,3-29,31,33-36,41H2,1-2H3,(H,42,45)(H,46,47)/b32-30+. The Labute approximate surface area is 307 Å². The van der Waals surface area contributed by atoms with Crippen molar-refractivity contribution in [2.24, 2.45) is 5.73 Å². The number of nitrogens with one attached hydrogen (secondary N) is 1. The fraction of sp³-hybridized carbons (Fsp3) is 0.925. The molecule has 0 spiro atoms. The molecule has 50 heavy (non-hydrogen) atoms. The molecule has 0 saturated heterocycles. The van der Waals surface area contributed by atoms with Gasteiger partial charge in [-0.05, 0) is 19.3 Å². The number of phosphoric ester groups is 1. The molecular weight excluding hydrogens is 651 g/mol. The van der Waals surface area contributed by atoms with E-state index in [1.165, 1.54) is 135 Å². The molecule has 0 fully saturated rings. The molecule has 6 N–H and O–H groups in total. The molecular formula is C40H81N2O7P. The second-order valence-corrected chi connectivity index (χ2v) is 15.9. The van der Waals surface area contributed by atoms with Gasteiger partial charge in [0.2, 0.25) is 5.91 Å². The second kappa shape index (κ2) is 36.6. The zero-order chi connectivity index (χ0) is 37.0. The van der Waals surface area contributed by atoms with E-state index in [9.17, 15) is 24.5 Å². The van der Waals surface area contributed by atoms with E-state index in [-0.39, 0.29) is 19.6 Å². The quantitative estimate of drug-likeness (QED) is 0.0238. The maximum atomic E-state index is 12.7. The molecule has 9 nitrogen and oxygen atoms in total. The first-order chi connectivity index (χ1) is 24.3. The Kier molecular flexibility index (Phi) is 36.0. The Balaban J connectivity index is 4.33. The number of allylic oxidation sites excluding steroid dienone is 1. The number of unbranched alkanes of at least 4 members (excludes halogenated alkanes) is 25. The summed E-state index contributed by atoms with van der Waals surface area (Å²) in [6.45, 7) is 3.96. The van der Waals surface area contributed by atoms with Crippen LogP contribution in [-0.2, 0) is 18.4 Å². The topological polar surface area (TPSA) is 151 Å². The maximum absolute atomic E-state index is 12.7. The zero-order valence-corrected chi connectivity index (χ0v) is 33.4. The summed E-state index contributed by atoms with van der Waals surface area (Å²) in [5.41, 5.74) is 5.35. The summed E-state index contributed by atoms with van der Waals surface area (Å²) in [5, 5.41) is 24.0. The minimum absolute atomic E-state index is 0.0513. The van der Waals surface area contributed by atoms with Gasteiger partial charge in [0.15, 0.2) is 0 Å². The number of rotatable bonds is 39. The van der Waals surface area contributed by atoms with Crippen molar-refractivity contribution in [2.45, 2.75) is 218 Å². The molecule has 0 aromatic heterocycles. The highest BCUT2D eigenvalue weighted by molar-refractivity contribution is 7.47. The fourth-order valence-corrected chi connectivity index (χ4v) is 6.99. The van der Waals surface area contributed by atoms with E-state index >= 15 is 0 Å². The van der Waals surface area contributed by atoms with Crippen LogP contribution in [0.5, 0.6) is 0 Å². The first-order valence-corrected chi connectivity index (χ1v) is 22.4. The summed E-state index contributed by atoms with van der Waals surface area (Å²) in [6, 6.07) is -0.976. The van der Waals surface area contributed by atoms with Gasteiger partial charge in [0.25, 0.3) is 0 Å². The first-order valence-electron chi connectivity index (χ1n) is 20.9. The number of carbonyl (C=O) groups is 1. The van der Waals surface area contributed by atoms with E-state index in [0.717, 1.165) is 38.5 Å². The number of hydrogen-bond acceptors (Lipinski definition) is 7. The first kappa shape index (κ1) is 49.2. The summed E-state index contributed by atoms with van der Waals surface area (Å²) in [6.07, 6.45) is 35.8. The molecule has 0 bridgehead atoms. The summed E-state index contributed by atoms with van der Waals surface area (Å²) < 4.78 is 22.0. The van der Waals surface area contributed by atoms with Gasteiger partial charge in [0.1, 0.15) is 0 Å². The van der Waals surface area contributed by atoms with Gasteiger partial charge in [0, 0.05) is 6.54 Å². The van der Waals surface area contributed by atoms with Crippen LogP contribution in [0.15, 0.2) is 12.2 Å². The van der Waals surface area contributed by atoms with Crippen molar-refractivity contribution in [3.8, 4) is 0 Å². The number of phosphoric acid groups is 1. The molecule has 0 saturated carbocycles. The van der Waals surface area contributed by atoms with Crippen LogP contribution in [0, 0.1) is 0 Å². The van der Waals surface area contributed by atoms with E-state index in [0.29, 0.717) is 6.42 Å². The zero-order valence-electron chi connectivity index (χ0n) is 32.5. The van der Waals surface area contributed by atoms with E-state index in [4.69, 9.17) is 14.8 Å². The highest BCUT2D eigenvalue weighted by Gasteiger charge is 2.27. The number of aliphatic hydroxyl groups is 2. The van der Waals surface area contributed by atoms with E-state index in [1.807, 2.05) is 6.08 Å². The Morgan fingerprint density at radius 1 is 0.680 bits per heavy atom. The average molecular weight is 733 g/mol. The lowest BCUT2D eigenvalue weighted by atomic mass is 10.0. The van der Waals surface area contributed by atoms with Gasteiger partial charge in [-0.15, -0.1) is 0 Å². The van der Waals surface area contributed by atoms with Gasteiger partial charge >= 0.3 is 7.82 Å². The highest BCUT2D eigenvalue weighted by atomic mass is 31.2. The molecule has 10 heteroatoms. The van der Waals surface area contributed by atoms with Crippen LogP contribution in [0.3, 0.4) is 0 Å². The third kappa shape index (κ3) is 34.3. The van der Waals surface area contributed by atoms with Crippen LogP contribution >= 0.6 is 7.82 Å². The van der Waals surface area contributed by atoms with Gasteiger partial charge in [0.05, 0.1) is 37.9 Å². The number of hydrogen-bond donors (Lipinski definition) is 5. The van der Waals surface area contributed by atoms with Crippen LogP contribution in [0.25, 0.3) is 0 Å². The lowest BCUT2D eigenvalue weighted by Crippen LogP contribution is -2.46. The van der Waals surface area contributed by atoms with Crippen molar-refractivity contribution in [2.75, 3.05) is 19.8 Å². The fourth-order valence-electron chi connectivity index (χ4n) is 6.23. The van der Waals surface area contributed by atoms with Crippen LogP contribution < -0.4 is 11.1 Å². The molecule has 0 aromatic carbocycles. The summed E-state index contributed by atoms with van der Waals surface area (Å²) in [4.78, 5) is 22.7. The van der Waals surface area contributed by atoms with Crippen LogP contribution in [-0.4, -0.2) is 59.0 Å². The Hall–Kier alpha value is -0.800. The van der Waals surface area contributed by atoms with Crippen molar-refractivity contribution in [3.05, 3.63) is 12.2 Å². The van der Waals surface area contributed by atoms with Crippen molar-refractivity contribution < 1.29 is 33.5 Å². The van der Waals surface area contributed by atoms with Gasteiger partial charge in [-0.2, -0.15) is 0 Å². The number of aliphatic hydroxyl groups excluding tert-OH is 2. The maximum Gasteiger partial charge on any atom is 0.472 e. The summed E-state index contributed by atoms with van der Waals surface area (Å²) >= 11 is 0. The molecule has 4 atom stereocenters. The molecule has 4 unspecified atom stereocenters. The third-order valence-corrected chi connectivity index (χ3v) is 10.4. The normalized spacial score (nSPS) is 14.9. The van der Waals surface area contributed by atoms with Gasteiger partial charge < -0.3 is 26.2 Å². The predicted molar refractivity (Wildman–Crippen MR) is 209 cm³/mol. The summed E-state index contributed by atoms with van der Waals surface area (Å²) in [5.74, 6) is -0.445. The van der Waals surface area contributed by atoms with Crippen LogP contribution in [0.2, 0.25) is 0 Å². The van der Waals surface area contributed by atoms with Gasteiger partial charge in [-0.25, -0.2) is 4.57 Å². The van der Waals surface area contributed by atoms with Crippen molar-refractivity contribution >= 4 is 13.7 Å². The number of carbonyl (C=O) groups excluding carboxylic acids is 1. The molecule has 0 aliphatic rings. The SMILES string of the molecule is CCCCCCCCCCCCCCCCCC/C=C/C(O)C(COP(=O)(O)OCCN)NC(=O)CC(O)CCCCCCCCCCCC. The molecule has 1 amide bonds. The van der Waals surface area contributed by atoms with Crippen molar-refractivity contribution in [3.63, 3.8) is 0 Å². The Bertz CT molecular complexity index is 817. The Morgan fingerprint density at radius 2 is 1.10 bits per heavy atom. The smallest absolute Gasteiger partial charge is 0.393 e. The second-order valence-electron chi connectivity index (χ2n) is 14.4. The monoisotopic (exact) mass is 733 g/mol. The minimum atomic E-state index is -4.39. The molecule has 0 aromatic rings. The lowest BCUT2D eigenvalue weighted by molar-refractivity contribution is -0.124. The van der Waals surface area contributed by atoms with Crippen molar-refractivity contribution in [1.82, 2.24) is 5.32 Å².